The first kappa shape index (κ1) is 17.5. The molecule has 2 N–H and O–H groups in total. The van der Waals surface area contributed by atoms with E-state index in [2.05, 4.69) is 10.3 Å². The van der Waals surface area contributed by atoms with E-state index in [1.165, 1.54) is 23.9 Å². The van der Waals surface area contributed by atoms with Crippen LogP contribution in [0.15, 0.2) is 53.5 Å². The van der Waals surface area contributed by atoms with Gasteiger partial charge in [0.1, 0.15) is 5.56 Å². The van der Waals surface area contributed by atoms with Gasteiger partial charge in [-0.15, -0.1) is 0 Å². The molecule has 1 aromatic heterocycles. The Labute approximate surface area is 139 Å². The summed E-state index contributed by atoms with van der Waals surface area (Å²) in [6, 6.07) is 12.8. The minimum Gasteiger partial charge on any atom is -0.452 e. The van der Waals surface area contributed by atoms with Crippen molar-refractivity contribution in [1.82, 2.24) is 10.3 Å². The summed E-state index contributed by atoms with van der Waals surface area (Å²) in [5.74, 6) is -1.21. The molecule has 0 bridgehead atoms. The lowest BCUT2D eigenvalue weighted by molar-refractivity contribution is -0.124. The fourth-order valence-electron chi connectivity index (χ4n) is 2.21. The summed E-state index contributed by atoms with van der Waals surface area (Å²) in [5, 5.41) is 2.77. The zero-order valence-electron chi connectivity index (χ0n) is 13.5. The molecule has 1 amide bonds. The Bertz CT molecular complexity index is 740. The van der Waals surface area contributed by atoms with Crippen LogP contribution in [0.1, 0.15) is 29.3 Å². The van der Waals surface area contributed by atoms with Crippen LogP contribution in [0.25, 0.3) is 0 Å². The molecule has 6 heteroatoms. The predicted octanol–water partition coefficient (Wildman–Crippen LogP) is 1.67. The number of pyridine rings is 1. The zero-order chi connectivity index (χ0) is 17.4. The Morgan fingerprint density at radius 1 is 1.17 bits per heavy atom. The number of aryl methyl sites for hydroxylation is 1. The fraction of sp³-hybridized carbons (Fsp3) is 0.278. The van der Waals surface area contributed by atoms with E-state index in [0.717, 1.165) is 12.8 Å². The molecule has 2 aromatic rings. The van der Waals surface area contributed by atoms with Crippen molar-refractivity contribution in [3.63, 3.8) is 0 Å². The minimum absolute atomic E-state index is 0.0449. The number of rotatable bonds is 7. The fourth-order valence-corrected chi connectivity index (χ4v) is 2.21. The van der Waals surface area contributed by atoms with Gasteiger partial charge in [-0.05, 0) is 37.5 Å². The molecule has 0 saturated carbocycles. The van der Waals surface area contributed by atoms with E-state index < -0.39 is 24.0 Å². The topological polar surface area (TPSA) is 88.3 Å². The van der Waals surface area contributed by atoms with Crippen LogP contribution in [-0.4, -0.2) is 29.5 Å². The highest BCUT2D eigenvalue weighted by Crippen LogP contribution is 2.04. The number of carbonyl (C=O) groups excluding carboxylic acids is 2. The second-order valence-electron chi connectivity index (χ2n) is 5.48. The van der Waals surface area contributed by atoms with E-state index in [4.69, 9.17) is 4.74 Å². The van der Waals surface area contributed by atoms with Gasteiger partial charge in [0.15, 0.2) is 6.61 Å². The lowest BCUT2D eigenvalue weighted by atomic mass is 10.1. The predicted molar refractivity (Wildman–Crippen MR) is 89.7 cm³/mol. The smallest absolute Gasteiger partial charge is 0.344 e. The molecule has 1 atom stereocenters. The number of hydrogen-bond donors (Lipinski definition) is 2. The van der Waals surface area contributed by atoms with Gasteiger partial charge in [0, 0.05) is 12.2 Å². The summed E-state index contributed by atoms with van der Waals surface area (Å²) in [6.45, 7) is 1.48. The molecule has 0 saturated heterocycles. The van der Waals surface area contributed by atoms with Gasteiger partial charge >= 0.3 is 5.97 Å². The van der Waals surface area contributed by atoms with Crippen molar-refractivity contribution >= 4 is 11.9 Å². The molecule has 0 spiro atoms. The zero-order valence-corrected chi connectivity index (χ0v) is 13.5. The number of benzene rings is 1. The molecule has 0 aliphatic rings. The first-order chi connectivity index (χ1) is 11.6. The van der Waals surface area contributed by atoms with Gasteiger partial charge in [0.2, 0.25) is 0 Å². The Morgan fingerprint density at radius 2 is 1.92 bits per heavy atom. The Kier molecular flexibility index (Phi) is 6.31. The highest BCUT2D eigenvalue weighted by molar-refractivity contribution is 5.90. The van der Waals surface area contributed by atoms with Gasteiger partial charge in [0.25, 0.3) is 11.5 Å². The number of esters is 1. The number of carbonyl (C=O) groups is 2. The molecule has 24 heavy (non-hydrogen) atoms. The molecule has 0 aliphatic carbocycles. The maximum Gasteiger partial charge on any atom is 0.344 e. The third-order valence-corrected chi connectivity index (χ3v) is 3.49. The third-order valence-electron chi connectivity index (χ3n) is 3.49. The van der Waals surface area contributed by atoms with Crippen molar-refractivity contribution < 1.29 is 14.3 Å². The summed E-state index contributed by atoms with van der Waals surface area (Å²) in [4.78, 5) is 37.4. The van der Waals surface area contributed by atoms with Gasteiger partial charge in [-0.25, -0.2) is 4.79 Å². The van der Waals surface area contributed by atoms with E-state index >= 15 is 0 Å². The lowest BCUT2D eigenvalue weighted by Crippen LogP contribution is -2.36. The van der Waals surface area contributed by atoms with Crippen LogP contribution >= 0.6 is 0 Å². The molecule has 0 radical (unpaired) electrons. The average molecular weight is 328 g/mol. The summed E-state index contributed by atoms with van der Waals surface area (Å²) >= 11 is 0. The van der Waals surface area contributed by atoms with E-state index in [-0.39, 0.29) is 11.6 Å². The van der Waals surface area contributed by atoms with Crippen LogP contribution in [0.5, 0.6) is 0 Å². The Hall–Kier alpha value is -2.89. The molecule has 6 nitrogen and oxygen atoms in total. The maximum atomic E-state index is 11.8. The van der Waals surface area contributed by atoms with E-state index in [1.807, 2.05) is 37.3 Å². The number of aromatic amines is 1. The molecule has 2 rings (SSSR count). The quantitative estimate of drug-likeness (QED) is 0.757. The van der Waals surface area contributed by atoms with Crippen LogP contribution in [0.2, 0.25) is 0 Å². The van der Waals surface area contributed by atoms with E-state index in [0.29, 0.717) is 0 Å². The van der Waals surface area contributed by atoms with Gasteiger partial charge in [-0.2, -0.15) is 0 Å². The summed E-state index contributed by atoms with van der Waals surface area (Å²) in [5.41, 5.74) is 0.537. The molecular weight excluding hydrogens is 308 g/mol. The lowest BCUT2D eigenvalue weighted by Gasteiger charge is -2.14. The summed E-state index contributed by atoms with van der Waals surface area (Å²) in [6.07, 6.45) is 3.05. The first-order valence-corrected chi connectivity index (χ1v) is 7.74. The minimum atomic E-state index is -0.816. The number of H-pyrrole nitrogens is 1. The highest BCUT2D eigenvalue weighted by atomic mass is 16.5. The SMILES string of the molecule is C[C@@H](CCc1ccccc1)NC(=O)COC(=O)c1ccc[nH]c1=O. The molecular formula is C18H20N2O4. The second kappa shape index (κ2) is 8.67. The van der Waals surface area contributed by atoms with E-state index in [1.54, 1.807) is 0 Å². The molecule has 1 heterocycles. The Morgan fingerprint density at radius 3 is 2.62 bits per heavy atom. The maximum absolute atomic E-state index is 11.8. The third kappa shape index (κ3) is 5.39. The molecule has 1 aromatic carbocycles. The van der Waals surface area contributed by atoms with Crippen molar-refractivity contribution in [2.75, 3.05) is 6.61 Å². The van der Waals surface area contributed by atoms with Crippen LogP contribution < -0.4 is 10.9 Å². The van der Waals surface area contributed by atoms with Crippen LogP contribution in [0, 0.1) is 0 Å². The van der Waals surface area contributed by atoms with Crippen LogP contribution in [0.3, 0.4) is 0 Å². The largest absolute Gasteiger partial charge is 0.452 e. The van der Waals surface area contributed by atoms with Gasteiger partial charge in [0.05, 0.1) is 0 Å². The number of amides is 1. The number of aromatic nitrogens is 1. The van der Waals surface area contributed by atoms with Crippen molar-refractivity contribution in [3.8, 4) is 0 Å². The van der Waals surface area contributed by atoms with Crippen LogP contribution in [0.4, 0.5) is 0 Å². The normalized spacial score (nSPS) is 11.5. The van der Waals surface area contributed by atoms with Gasteiger partial charge in [-0.1, -0.05) is 30.3 Å². The van der Waals surface area contributed by atoms with Gasteiger partial charge in [-0.3, -0.25) is 9.59 Å². The Balaban J connectivity index is 1.73. The van der Waals surface area contributed by atoms with Crippen molar-refractivity contribution in [3.05, 3.63) is 70.1 Å². The highest BCUT2D eigenvalue weighted by Gasteiger charge is 2.14. The van der Waals surface area contributed by atoms with Crippen molar-refractivity contribution in [2.45, 2.75) is 25.8 Å². The van der Waals surface area contributed by atoms with E-state index in [9.17, 15) is 14.4 Å². The monoisotopic (exact) mass is 328 g/mol. The molecule has 126 valence electrons. The average Bonchev–Trinajstić information content (AvgIpc) is 2.59. The summed E-state index contributed by atoms with van der Waals surface area (Å²) < 4.78 is 4.86. The number of nitrogens with one attached hydrogen (secondary N) is 2. The number of ether oxygens (including phenoxy) is 1. The second-order valence-corrected chi connectivity index (χ2v) is 5.48. The van der Waals surface area contributed by atoms with Gasteiger partial charge < -0.3 is 15.0 Å². The molecule has 0 fully saturated rings. The first-order valence-electron chi connectivity index (χ1n) is 7.74. The number of hydrogen-bond acceptors (Lipinski definition) is 4. The molecule has 0 aliphatic heterocycles. The van der Waals surface area contributed by atoms with Crippen molar-refractivity contribution in [2.24, 2.45) is 0 Å². The molecule has 0 unspecified atom stereocenters. The van der Waals surface area contributed by atoms with Crippen molar-refractivity contribution in [1.29, 1.82) is 0 Å². The standard InChI is InChI=1S/C18H20N2O4/c1-13(9-10-14-6-3-2-4-7-14)20-16(21)12-24-18(23)15-8-5-11-19-17(15)22/h2-8,11,13H,9-10,12H2,1H3,(H,19,22)(H,20,21)/t13-/m0/s1. The van der Waals surface area contributed by atoms with Crippen LogP contribution in [-0.2, 0) is 16.0 Å². The summed E-state index contributed by atoms with van der Waals surface area (Å²) in [7, 11) is 0.